The predicted molar refractivity (Wildman–Crippen MR) is 237 cm³/mol. The first-order valence-electron chi connectivity index (χ1n) is 18.9. The molecule has 0 aliphatic rings. The van der Waals surface area contributed by atoms with Gasteiger partial charge in [-0.3, -0.25) is 14.2 Å². The number of carbonyl (C=O) groups is 2. The Morgan fingerprint density at radius 3 is 1.18 bits per heavy atom. The first kappa shape index (κ1) is 59.1. The van der Waals surface area contributed by atoms with Crippen LogP contribution in [0.25, 0.3) is 12.2 Å². The minimum atomic E-state index is -5.33. The van der Waals surface area contributed by atoms with Gasteiger partial charge in [-0.05, 0) is 47.5 Å². The van der Waals surface area contributed by atoms with Gasteiger partial charge in [-0.15, -0.1) is 0 Å². The van der Waals surface area contributed by atoms with E-state index in [9.17, 15) is 38.3 Å². The first-order valence-corrected chi connectivity index (χ1v) is 24.0. The van der Waals surface area contributed by atoms with E-state index in [0.29, 0.717) is 11.5 Å². The van der Waals surface area contributed by atoms with Crippen molar-refractivity contribution in [2.45, 2.75) is 10.5 Å². The third kappa shape index (κ3) is 16.0. The second-order valence-electron chi connectivity index (χ2n) is 13.6. The zero-order chi connectivity index (χ0) is 48.3. The molecule has 0 aromatic heterocycles. The minimum absolute atomic E-state index is 0. The van der Waals surface area contributed by atoms with E-state index < -0.39 is 59.7 Å². The van der Waals surface area contributed by atoms with Gasteiger partial charge in [0.05, 0.1) is 85.5 Å². The van der Waals surface area contributed by atoms with Crippen LogP contribution in [0, 0.1) is 0 Å². The van der Waals surface area contributed by atoms with Crippen LogP contribution in [0.3, 0.4) is 0 Å². The summed E-state index contributed by atoms with van der Waals surface area (Å²) in [7, 11) is -4.05. The van der Waals surface area contributed by atoms with Crippen LogP contribution >= 0.6 is 15.2 Å². The van der Waals surface area contributed by atoms with Crippen molar-refractivity contribution in [3.05, 3.63) is 95.1 Å². The molecule has 4 aromatic rings. The molecule has 4 N–H and O–H groups in total. The number of benzene rings is 4. The summed E-state index contributed by atoms with van der Waals surface area (Å²) in [5, 5.41) is 1.31. The van der Waals surface area contributed by atoms with Crippen LogP contribution in [0.5, 0.6) is 46.0 Å². The Kier molecular flexibility index (Phi) is 23.0. The minimum Gasteiger partial charge on any atom is -0.810 e. The zero-order valence-corrected chi connectivity index (χ0v) is 45.0. The van der Waals surface area contributed by atoms with E-state index in [1.807, 2.05) is 0 Å². The van der Waals surface area contributed by atoms with E-state index in [-0.39, 0.29) is 127 Å². The summed E-state index contributed by atoms with van der Waals surface area (Å²) in [6.45, 7) is 0. The number of amides is 2. The Balaban J connectivity index is 0.00000771. The van der Waals surface area contributed by atoms with Crippen LogP contribution in [0.4, 0.5) is 11.4 Å². The van der Waals surface area contributed by atoms with Crippen molar-refractivity contribution in [2.24, 2.45) is 0 Å². The summed E-state index contributed by atoms with van der Waals surface area (Å²) in [5.74, 6) is -0.727. The molecule has 0 aliphatic heterocycles. The third-order valence-corrected chi connectivity index (χ3v) is 13.1. The second kappa shape index (κ2) is 26.1. The third-order valence-electron chi connectivity index (χ3n) is 9.43. The second-order valence-corrected chi connectivity index (χ2v) is 19.0. The molecular weight excluding hydrogens is 960 g/mol. The standard InChI is InChI=1S/C42H50N2O18P2S.2Na/c1-55-27-19-35(59-5)29(36(20-27)60-6)11-15-39(25-9-13-33(57-3)31(17-25)43-41(45)23-63(47,48)49)65(53,54)40(16-12-30-37(61-7)21-28(56-2)22-38(30)62-8)26-10-14-34(58-4)32(18-26)44-42(46)24-64(50,51)52;;/h9-22,39-40H,23-24H2,1-8H3,(H,43,45)(H,44,46)(H2,47,48,49)(H2,50,51,52);;/q;2*+1/p-2/b15-11+,16-12+;;. The van der Waals surface area contributed by atoms with Crippen LogP contribution in [0.1, 0.15) is 32.8 Å². The molecule has 67 heavy (non-hydrogen) atoms. The smallest absolute Gasteiger partial charge is 0.810 e. The van der Waals surface area contributed by atoms with Gasteiger partial charge >= 0.3 is 66.7 Å². The molecule has 0 radical (unpaired) electrons. The van der Waals surface area contributed by atoms with Crippen molar-refractivity contribution < 1.29 is 144 Å². The van der Waals surface area contributed by atoms with Crippen LogP contribution in [-0.2, 0) is 28.6 Å². The van der Waals surface area contributed by atoms with Gasteiger partial charge in [0.25, 0.3) is 0 Å². The van der Waals surface area contributed by atoms with E-state index >= 15 is 8.42 Å². The molecule has 2 unspecified atom stereocenters. The number of carbonyl (C=O) groups excluding carboxylic acids is 2. The number of methoxy groups -OCH3 is 8. The molecule has 0 heterocycles. The predicted octanol–water partition coefficient (Wildman–Crippen LogP) is -1.64. The van der Waals surface area contributed by atoms with Gasteiger partial charge < -0.3 is 72.7 Å². The summed E-state index contributed by atoms with van der Waals surface area (Å²) < 4.78 is 98.6. The normalized spacial score (nSPS) is 12.5. The van der Waals surface area contributed by atoms with Crippen molar-refractivity contribution in [1.82, 2.24) is 0 Å². The molecule has 0 saturated heterocycles. The Morgan fingerprint density at radius 2 is 0.896 bits per heavy atom. The van der Waals surface area contributed by atoms with Gasteiger partial charge in [0.15, 0.2) is 9.84 Å². The van der Waals surface area contributed by atoms with Crippen LogP contribution in [0.2, 0.25) is 0 Å². The maximum atomic E-state index is 15.7. The molecule has 2 amide bonds. The molecule has 0 fully saturated rings. The fraction of sp³-hybridized carbons (Fsp3) is 0.286. The Labute approximate surface area is 432 Å². The topological polar surface area (TPSA) is 287 Å². The number of rotatable bonds is 22. The molecule has 4 rings (SSSR count). The summed E-state index contributed by atoms with van der Waals surface area (Å²) in [5.41, 5.74) is 0.220. The maximum absolute atomic E-state index is 15.7. The van der Waals surface area contributed by atoms with Gasteiger partial charge in [0, 0.05) is 24.3 Å². The summed E-state index contributed by atoms with van der Waals surface area (Å²) in [6.07, 6.45) is 2.87. The SMILES string of the molecule is COc1cc(OC)c(/C=C/C(c2ccc(OC)c(NC(=O)CP(=O)([O-])[O-])c2)S(=O)(=O)C(/C=C/c2c(OC)cc(OC)cc2OC)c2ccc(OC)c(NC(=O)CP(=O)(O)O)c2)c(OC)c1.[Na+].[Na+]. The van der Waals surface area contributed by atoms with Gasteiger partial charge in [-0.1, -0.05) is 31.9 Å². The molecule has 4 aromatic carbocycles. The number of nitrogens with one attached hydrogen (secondary N) is 2. The van der Waals surface area contributed by atoms with Crippen molar-refractivity contribution in [3.8, 4) is 46.0 Å². The summed E-state index contributed by atoms with van der Waals surface area (Å²) in [4.78, 5) is 67.5. The van der Waals surface area contributed by atoms with E-state index in [4.69, 9.17) is 37.9 Å². The summed E-state index contributed by atoms with van der Waals surface area (Å²) >= 11 is 0. The van der Waals surface area contributed by atoms with Crippen molar-refractivity contribution in [3.63, 3.8) is 0 Å². The van der Waals surface area contributed by atoms with Crippen molar-refractivity contribution in [2.75, 3.05) is 79.8 Å². The summed E-state index contributed by atoms with van der Waals surface area (Å²) in [6, 6.07) is 14.1. The molecule has 25 heteroatoms. The van der Waals surface area contributed by atoms with Crippen molar-refractivity contribution >= 4 is 60.4 Å². The molecule has 0 aliphatic carbocycles. The fourth-order valence-electron chi connectivity index (χ4n) is 6.48. The number of ether oxygens (including phenoxy) is 8. The molecule has 20 nitrogen and oxygen atoms in total. The molecule has 2 atom stereocenters. The van der Waals surface area contributed by atoms with Crippen molar-refractivity contribution in [1.29, 1.82) is 0 Å². The quantitative estimate of drug-likeness (QED) is 0.0507. The Morgan fingerprint density at radius 1 is 0.567 bits per heavy atom. The van der Waals surface area contributed by atoms with Crippen LogP contribution in [0.15, 0.2) is 72.8 Å². The Hall–Kier alpha value is -4.05. The van der Waals surface area contributed by atoms with Gasteiger partial charge in [-0.2, -0.15) is 0 Å². The fourth-order valence-corrected chi connectivity index (χ4v) is 9.33. The van der Waals surface area contributed by atoms with Gasteiger partial charge in [0.1, 0.15) is 62.7 Å². The first-order chi connectivity index (χ1) is 30.6. The number of hydrogen-bond acceptors (Lipinski definition) is 16. The van der Waals surface area contributed by atoms with Gasteiger partial charge in [-0.25, -0.2) is 8.42 Å². The molecule has 0 saturated carbocycles. The van der Waals surface area contributed by atoms with Crippen LogP contribution in [-0.4, -0.2) is 99.2 Å². The maximum Gasteiger partial charge on any atom is 1.00 e. The average molecular weight is 1010 g/mol. The number of hydrogen-bond donors (Lipinski definition) is 4. The van der Waals surface area contributed by atoms with Crippen LogP contribution < -0.4 is 117 Å². The monoisotopic (exact) mass is 1010 g/mol. The van der Waals surface area contributed by atoms with E-state index in [0.717, 1.165) is 0 Å². The van der Waals surface area contributed by atoms with E-state index in [1.54, 1.807) is 12.1 Å². The van der Waals surface area contributed by atoms with Gasteiger partial charge in [0.2, 0.25) is 11.8 Å². The molecule has 352 valence electrons. The molecular formula is C42H48N2Na2O18P2S. The largest absolute Gasteiger partial charge is 1.00 e. The average Bonchev–Trinajstić information content (AvgIpc) is 3.24. The molecule has 0 bridgehead atoms. The van der Waals surface area contributed by atoms with E-state index in [2.05, 4.69) is 10.6 Å². The van der Waals surface area contributed by atoms with E-state index in [1.165, 1.54) is 130 Å². The molecule has 0 spiro atoms. The Bertz CT molecular complexity index is 2430. The zero-order valence-electron chi connectivity index (χ0n) is 38.4. The number of sulfone groups is 1. The number of anilines is 2.